The highest BCUT2D eigenvalue weighted by Gasteiger charge is 2.30. The van der Waals surface area contributed by atoms with Gasteiger partial charge in [-0.05, 0) is 56.4 Å². The van der Waals surface area contributed by atoms with E-state index in [-0.39, 0.29) is 24.3 Å². The Balaban J connectivity index is 1.85. The van der Waals surface area contributed by atoms with Crippen molar-refractivity contribution in [3.8, 4) is 0 Å². The quantitative estimate of drug-likeness (QED) is 0.466. The minimum Gasteiger partial charge on any atom is -0.352 e. The number of nitrogens with zero attached hydrogens (tertiary/aromatic N) is 1. The van der Waals surface area contributed by atoms with Crippen LogP contribution in [-0.2, 0) is 22.6 Å². The van der Waals surface area contributed by atoms with Crippen LogP contribution in [-0.4, -0.2) is 28.8 Å². The van der Waals surface area contributed by atoms with Gasteiger partial charge < -0.3 is 10.2 Å². The van der Waals surface area contributed by atoms with Crippen molar-refractivity contribution in [2.45, 2.75) is 84.3 Å². The third kappa shape index (κ3) is 7.22. The van der Waals surface area contributed by atoms with Crippen LogP contribution in [0.2, 0.25) is 10.0 Å². The monoisotopic (exact) mass is 488 g/mol. The number of halogens is 2. The van der Waals surface area contributed by atoms with Gasteiger partial charge in [-0.3, -0.25) is 9.59 Å². The van der Waals surface area contributed by atoms with Gasteiger partial charge in [0.25, 0.3) is 0 Å². The zero-order valence-corrected chi connectivity index (χ0v) is 21.3. The van der Waals surface area contributed by atoms with Crippen LogP contribution >= 0.6 is 23.2 Å². The fraction of sp³-hybridized carbons (Fsp3) is 0.481. The Hall–Kier alpha value is -2.04. The highest BCUT2D eigenvalue weighted by molar-refractivity contribution is 6.42. The molecule has 2 aromatic carbocycles. The van der Waals surface area contributed by atoms with Crippen LogP contribution in [0.15, 0.2) is 36.4 Å². The van der Waals surface area contributed by atoms with Crippen molar-refractivity contribution in [3.05, 3.63) is 68.7 Å². The average Bonchev–Trinajstić information content (AvgIpc) is 2.76. The maximum Gasteiger partial charge on any atom is 0.243 e. The average molecular weight is 489 g/mol. The van der Waals surface area contributed by atoms with Gasteiger partial charge in [0.1, 0.15) is 6.04 Å². The van der Waals surface area contributed by atoms with Crippen LogP contribution in [0.25, 0.3) is 0 Å². The number of carbonyl (C=O) groups excluding carboxylic acids is 2. The maximum atomic E-state index is 13.6. The first-order valence-corrected chi connectivity index (χ1v) is 12.6. The number of hydrogen-bond donors (Lipinski definition) is 1. The number of hydrogen-bond acceptors (Lipinski definition) is 2. The van der Waals surface area contributed by atoms with E-state index in [1.807, 2.05) is 39.0 Å². The van der Waals surface area contributed by atoms with Gasteiger partial charge in [0.05, 0.1) is 16.5 Å². The normalized spacial score (nSPS) is 15.2. The topological polar surface area (TPSA) is 49.4 Å². The van der Waals surface area contributed by atoms with Crippen LogP contribution in [0.1, 0.15) is 67.7 Å². The summed E-state index contributed by atoms with van der Waals surface area (Å²) in [7, 11) is 0. The summed E-state index contributed by atoms with van der Waals surface area (Å²) in [6.07, 6.45) is 6.30. The molecule has 2 amide bonds. The lowest BCUT2D eigenvalue weighted by atomic mass is 9.95. The molecule has 0 aliphatic heterocycles. The maximum absolute atomic E-state index is 13.6. The third-order valence-electron chi connectivity index (χ3n) is 6.31. The predicted molar refractivity (Wildman–Crippen MR) is 136 cm³/mol. The minimum atomic E-state index is -0.542. The standard InChI is InChI=1S/C27H34Cl2N2O2/c1-4-25(27(33)30-22-8-6-5-7-9-22)31(17-20-10-11-23(28)24(29)15-20)26(32)16-21-13-18(2)12-19(3)14-21/h10-15,22,25H,4-9,16-17H2,1-3H3,(H,30,33). The molecule has 1 unspecified atom stereocenters. The van der Waals surface area contributed by atoms with Gasteiger partial charge in [-0.15, -0.1) is 0 Å². The van der Waals surface area contributed by atoms with Crippen molar-refractivity contribution in [1.82, 2.24) is 10.2 Å². The Labute approximate surface area is 207 Å². The molecule has 1 atom stereocenters. The summed E-state index contributed by atoms with van der Waals surface area (Å²) in [6, 6.07) is 11.2. The molecule has 0 aromatic heterocycles. The number of amides is 2. The Bertz CT molecular complexity index is 966. The molecule has 1 aliphatic rings. The molecule has 33 heavy (non-hydrogen) atoms. The second-order valence-corrected chi connectivity index (χ2v) is 10.0. The molecule has 0 saturated heterocycles. The summed E-state index contributed by atoms with van der Waals surface area (Å²) in [5.74, 6) is -0.144. The fourth-order valence-electron chi connectivity index (χ4n) is 4.75. The van der Waals surface area contributed by atoms with Crippen molar-refractivity contribution in [2.75, 3.05) is 0 Å². The van der Waals surface area contributed by atoms with E-state index in [9.17, 15) is 9.59 Å². The Morgan fingerprint density at radius 1 is 0.970 bits per heavy atom. The molecular formula is C27H34Cl2N2O2. The summed E-state index contributed by atoms with van der Waals surface area (Å²) in [6.45, 7) is 6.32. The van der Waals surface area contributed by atoms with Gasteiger partial charge in [-0.2, -0.15) is 0 Å². The van der Waals surface area contributed by atoms with Gasteiger partial charge in [-0.1, -0.05) is 84.8 Å². The van der Waals surface area contributed by atoms with Crippen LogP contribution in [0.4, 0.5) is 0 Å². The molecule has 1 N–H and O–H groups in total. The van der Waals surface area contributed by atoms with Crippen LogP contribution in [0, 0.1) is 13.8 Å². The molecule has 6 heteroatoms. The molecule has 2 aromatic rings. The Morgan fingerprint density at radius 2 is 1.64 bits per heavy atom. The number of rotatable bonds is 8. The molecule has 0 radical (unpaired) electrons. The minimum absolute atomic E-state index is 0.0711. The van der Waals surface area contributed by atoms with Crippen LogP contribution in [0.5, 0.6) is 0 Å². The number of carbonyl (C=O) groups is 2. The third-order valence-corrected chi connectivity index (χ3v) is 7.05. The summed E-state index contributed by atoms with van der Waals surface area (Å²) >= 11 is 12.3. The Kier molecular flexibility index (Phi) is 9.22. The van der Waals surface area contributed by atoms with E-state index >= 15 is 0 Å². The van der Waals surface area contributed by atoms with Crippen molar-refractivity contribution < 1.29 is 9.59 Å². The van der Waals surface area contributed by atoms with E-state index < -0.39 is 6.04 Å². The lowest BCUT2D eigenvalue weighted by Gasteiger charge is -2.33. The lowest BCUT2D eigenvalue weighted by molar-refractivity contribution is -0.141. The molecule has 0 heterocycles. The van der Waals surface area contributed by atoms with E-state index in [0.717, 1.165) is 47.9 Å². The molecule has 0 spiro atoms. The first-order chi connectivity index (χ1) is 15.8. The largest absolute Gasteiger partial charge is 0.352 e. The van der Waals surface area contributed by atoms with Gasteiger partial charge >= 0.3 is 0 Å². The smallest absolute Gasteiger partial charge is 0.243 e. The van der Waals surface area contributed by atoms with Gasteiger partial charge in [0.2, 0.25) is 11.8 Å². The number of nitrogens with one attached hydrogen (secondary N) is 1. The van der Waals surface area contributed by atoms with Crippen molar-refractivity contribution >= 4 is 35.0 Å². The molecule has 178 valence electrons. The first kappa shape index (κ1) is 25.6. The lowest BCUT2D eigenvalue weighted by Crippen LogP contribution is -2.52. The molecule has 0 bridgehead atoms. The molecule has 1 aliphatic carbocycles. The molecule has 1 fully saturated rings. The van der Waals surface area contributed by atoms with Crippen molar-refractivity contribution in [1.29, 1.82) is 0 Å². The zero-order valence-electron chi connectivity index (χ0n) is 19.8. The van der Waals surface area contributed by atoms with Crippen molar-refractivity contribution in [2.24, 2.45) is 0 Å². The van der Waals surface area contributed by atoms with Crippen LogP contribution < -0.4 is 5.32 Å². The van der Waals surface area contributed by atoms with Gasteiger partial charge in [0, 0.05) is 12.6 Å². The van der Waals surface area contributed by atoms with E-state index in [4.69, 9.17) is 23.2 Å². The summed E-state index contributed by atoms with van der Waals surface area (Å²) in [4.78, 5) is 28.6. The second kappa shape index (κ2) is 11.9. The van der Waals surface area contributed by atoms with E-state index in [1.54, 1.807) is 17.0 Å². The highest BCUT2D eigenvalue weighted by Crippen LogP contribution is 2.25. The van der Waals surface area contributed by atoms with Gasteiger partial charge in [0.15, 0.2) is 0 Å². The number of benzene rings is 2. The van der Waals surface area contributed by atoms with E-state index in [2.05, 4.69) is 11.4 Å². The SMILES string of the molecule is CCC(C(=O)NC1CCCCC1)N(Cc1ccc(Cl)c(Cl)c1)C(=O)Cc1cc(C)cc(C)c1. The second-order valence-electron chi connectivity index (χ2n) is 9.21. The molecule has 1 saturated carbocycles. The van der Waals surface area contributed by atoms with E-state index in [1.165, 1.54) is 6.42 Å². The van der Waals surface area contributed by atoms with Crippen molar-refractivity contribution in [3.63, 3.8) is 0 Å². The first-order valence-electron chi connectivity index (χ1n) is 11.9. The predicted octanol–water partition coefficient (Wildman–Crippen LogP) is 6.41. The number of aryl methyl sites for hydroxylation is 2. The molecule has 4 nitrogen and oxygen atoms in total. The summed E-state index contributed by atoms with van der Waals surface area (Å²) in [5, 5.41) is 4.12. The van der Waals surface area contributed by atoms with E-state index in [0.29, 0.717) is 23.0 Å². The summed E-state index contributed by atoms with van der Waals surface area (Å²) < 4.78 is 0. The molecule has 3 rings (SSSR count). The highest BCUT2D eigenvalue weighted by atomic mass is 35.5. The Morgan fingerprint density at radius 3 is 2.24 bits per heavy atom. The van der Waals surface area contributed by atoms with Crippen LogP contribution in [0.3, 0.4) is 0 Å². The summed E-state index contributed by atoms with van der Waals surface area (Å²) in [5.41, 5.74) is 4.05. The fourth-order valence-corrected chi connectivity index (χ4v) is 5.07. The molecular weight excluding hydrogens is 455 g/mol. The zero-order chi connectivity index (χ0) is 24.0. The van der Waals surface area contributed by atoms with Gasteiger partial charge in [-0.25, -0.2) is 0 Å².